The Morgan fingerprint density at radius 2 is 1.68 bits per heavy atom. The minimum atomic E-state index is -0.199. The fraction of sp³-hybridized carbons (Fsp3) is 0.250. The summed E-state index contributed by atoms with van der Waals surface area (Å²) in [5.41, 5.74) is 4.12. The molecule has 2 N–H and O–H groups in total. The van der Waals surface area contributed by atoms with E-state index in [0.717, 1.165) is 28.8 Å². The maximum atomic E-state index is 13.1. The molecular formula is C16H18FNO. The maximum absolute atomic E-state index is 13.1. The summed E-state index contributed by atoms with van der Waals surface area (Å²) in [6.07, 6.45) is 0. The van der Waals surface area contributed by atoms with E-state index < -0.39 is 0 Å². The Labute approximate surface area is 112 Å². The van der Waals surface area contributed by atoms with Crippen LogP contribution in [0.5, 0.6) is 0 Å². The van der Waals surface area contributed by atoms with Gasteiger partial charge in [-0.25, -0.2) is 4.39 Å². The van der Waals surface area contributed by atoms with Gasteiger partial charge in [0.15, 0.2) is 0 Å². The molecule has 3 heteroatoms. The quantitative estimate of drug-likeness (QED) is 0.865. The van der Waals surface area contributed by atoms with E-state index in [1.807, 2.05) is 31.2 Å². The Balaban J connectivity index is 1.90. The molecular weight excluding hydrogens is 241 g/mol. The zero-order chi connectivity index (χ0) is 13.7. The first-order chi connectivity index (χ1) is 9.19. The molecule has 0 unspecified atom stereocenters. The van der Waals surface area contributed by atoms with E-state index in [1.54, 1.807) is 12.1 Å². The third kappa shape index (κ3) is 3.88. The van der Waals surface area contributed by atoms with Gasteiger partial charge < -0.3 is 10.4 Å². The monoisotopic (exact) mass is 259 g/mol. The van der Waals surface area contributed by atoms with Gasteiger partial charge in [-0.15, -0.1) is 0 Å². The number of hydrogen-bond donors (Lipinski definition) is 2. The average molecular weight is 259 g/mol. The predicted octanol–water partition coefficient (Wildman–Crippen LogP) is 2.92. The minimum absolute atomic E-state index is 0.0657. The Bertz CT molecular complexity index is 537. The number of benzene rings is 2. The standard InChI is InChI=1S/C16H18FNO/c1-12-2-7-16(17)8-15(12)10-18-9-13-3-5-14(11-19)6-4-13/h2-8,18-19H,9-11H2,1H3. The van der Waals surface area contributed by atoms with Crippen LogP contribution in [0.1, 0.15) is 22.3 Å². The summed E-state index contributed by atoms with van der Waals surface area (Å²) in [5, 5.41) is 12.3. The molecule has 100 valence electrons. The van der Waals surface area contributed by atoms with Gasteiger partial charge >= 0.3 is 0 Å². The fourth-order valence-electron chi connectivity index (χ4n) is 1.93. The lowest BCUT2D eigenvalue weighted by Crippen LogP contribution is -2.13. The third-order valence-corrected chi connectivity index (χ3v) is 3.16. The molecule has 0 spiro atoms. The Kier molecular flexibility index (Phi) is 4.66. The second-order valence-corrected chi connectivity index (χ2v) is 4.65. The maximum Gasteiger partial charge on any atom is 0.123 e. The molecule has 0 amide bonds. The van der Waals surface area contributed by atoms with Crippen LogP contribution in [0.3, 0.4) is 0 Å². The van der Waals surface area contributed by atoms with Gasteiger partial charge in [-0.3, -0.25) is 0 Å². The van der Waals surface area contributed by atoms with E-state index in [9.17, 15) is 4.39 Å². The molecule has 0 atom stereocenters. The molecule has 2 aromatic rings. The van der Waals surface area contributed by atoms with Gasteiger partial charge in [0.25, 0.3) is 0 Å². The largest absolute Gasteiger partial charge is 0.392 e. The van der Waals surface area contributed by atoms with E-state index in [2.05, 4.69) is 5.32 Å². The molecule has 2 rings (SSSR count). The summed E-state index contributed by atoms with van der Waals surface area (Å²) in [6, 6.07) is 12.6. The lowest BCUT2D eigenvalue weighted by molar-refractivity contribution is 0.282. The van der Waals surface area contributed by atoms with Gasteiger partial charge in [0, 0.05) is 13.1 Å². The topological polar surface area (TPSA) is 32.3 Å². The van der Waals surface area contributed by atoms with Gasteiger partial charge in [-0.2, -0.15) is 0 Å². The molecule has 0 aromatic heterocycles. The van der Waals surface area contributed by atoms with Gasteiger partial charge in [0.1, 0.15) is 5.82 Å². The Hall–Kier alpha value is -1.71. The number of aliphatic hydroxyl groups is 1. The minimum Gasteiger partial charge on any atom is -0.392 e. The molecule has 0 radical (unpaired) electrons. The van der Waals surface area contributed by atoms with Crippen molar-refractivity contribution in [1.29, 1.82) is 0 Å². The van der Waals surface area contributed by atoms with Crippen molar-refractivity contribution < 1.29 is 9.50 Å². The first-order valence-corrected chi connectivity index (χ1v) is 6.33. The van der Waals surface area contributed by atoms with Crippen molar-refractivity contribution >= 4 is 0 Å². The van der Waals surface area contributed by atoms with Crippen molar-refractivity contribution in [2.45, 2.75) is 26.6 Å². The van der Waals surface area contributed by atoms with Crippen molar-refractivity contribution in [3.05, 3.63) is 70.5 Å². The fourth-order valence-corrected chi connectivity index (χ4v) is 1.93. The molecule has 0 aliphatic heterocycles. The van der Waals surface area contributed by atoms with Crippen molar-refractivity contribution in [3.63, 3.8) is 0 Å². The summed E-state index contributed by atoms with van der Waals surface area (Å²) in [7, 11) is 0. The van der Waals surface area contributed by atoms with Crippen LogP contribution in [0.25, 0.3) is 0 Å². The van der Waals surface area contributed by atoms with E-state index in [4.69, 9.17) is 5.11 Å². The van der Waals surface area contributed by atoms with E-state index >= 15 is 0 Å². The smallest absolute Gasteiger partial charge is 0.123 e. The van der Waals surface area contributed by atoms with Crippen LogP contribution in [0.15, 0.2) is 42.5 Å². The van der Waals surface area contributed by atoms with Crippen molar-refractivity contribution in [2.75, 3.05) is 0 Å². The summed E-state index contributed by atoms with van der Waals surface area (Å²) in [6.45, 7) is 3.41. The van der Waals surface area contributed by atoms with Crippen LogP contribution in [-0.4, -0.2) is 5.11 Å². The van der Waals surface area contributed by atoms with Crippen LogP contribution in [0.4, 0.5) is 4.39 Å². The molecule has 0 aliphatic carbocycles. The average Bonchev–Trinajstić information content (AvgIpc) is 2.43. The molecule has 0 aliphatic rings. The highest BCUT2D eigenvalue weighted by Gasteiger charge is 2.00. The number of hydrogen-bond acceptors (Lipinski definition) is 2. The van der Waals surface area contributed by atoms with Crippen molar-refractivity contribution in [3.8, 4) is 0 Å². The first-order valence-electron chi connectivity index (χ1n) is 6.33. The highest BCUT2D eigenvalue weighted by molar-refractivity contribution is 5.27. The molecule has 0 heterocycles. The Morgan fingerprint density at radius 3 is 2.37 bits per heavy atom. The Morgan fingerprint density at radius 1 is 1.00 bits per heavy atom. The van der Waals surface area contributed by atoms with Crippen LogP contribution in [0, 0.1) is 12.7 Å². The lowest BCUT2D eigenvalue weighted by Gasteiger charge is -2.08. The number of halogens is 1. The molecule has 0 bridgehead atoms. The summed E-state index contributed by atoms with van der Waals surface area (Å²) < 4.78 is 13.1. The van der Waals surface area contributed by atoms with Crippen molar-refractivity contribution in [2.24, 2.45) is 0 Å². The van der Waals surface area contributed by atoms with Crippen molar-refractivity contribution in [1.82, 2.24) is 5.32 Å². The zero-order valence-electron chi connectivity index (χ0n) is 11.0. The highest BCUT2D eigenvalue weighted by atomic mass is 19.1. The van der Waals surface area contributed by atoms with Crippen LogP contribution >= 0.6 is 0 Å². The number of aryl methyl sites for hydroxylation is 1. The predicted molar refractivity (Wildman–Crippen MR) is 74.0 cm³/mol. The zero-order valence-corrected chi connectivity index (χ0v) is 11.0. The molecule has 2 nitrogen and oxygen atoms in total. The second kappa shape index (κ2) is 6.45. The highest BCUT2D eigenvalue weighted by Crippen LogP contribution is 2.10. The van der Waals surface area contributed by atoms with Crippen LogP contribution in [-0.2, 0) is 19.7 Å². The lowest BCUT2D eigenvalue weighted by atomic mass is 10.1. The number of nitrogens with one attached hydrogen (secondary N) is 1. The second-order valence-electron chi connectivity index (χ2n) is 4.65. The number of rotatable bonds is 5. The molecule has 2 aromatic carbocycles. The summed E-state index contributed by atoms with van der Waals surface area (Å²) in [5.74, 6) is -0.199. The third-order valence-electron chi connectivity index (χ3n) is 3.16. The molecule has 0 saturated carbocycles. The molecule has 0 fully saturated rings. The first kappa shape index (κ1) is 13.7. The van der Waals surface area contributed by atoms with Gasteiger partial charge in [-0.1, -0.05) is 30.3 Å². The number of aliphatic hydroxyl groups excluding tert-OH is 1. The molecule has 0 saturated heterocycles. The van der Waals surface area contributed by atoms with Crippen LogP contribution < -0.4 is 5.32 Å². The van der Waals surface area contributed by atoms with Gasteiger partial charge in [0.2, 0.25) is 0 Å². The summed E-state index contributed by atoms with van der Waals surface area (Å²) in [4.78, 5) is 0. The van der Waals surface area contributed by atoms with E-state index in [-0.39, 0.29) is 12.4 Å². The normalized spacial score (nSPS) is 10.7. The van der Waals surface area contributed by atoms with Gasteiger partial charge in [-0.05, 0) is 41.3 Å². The molecule has 19 heavy (non-hydrogen) atoms. The van der Waals surface area contributed by atoms with Crippen LogP contribution in [0.2, 0.25) is 0 Å². The van der Waals surface area contributed by atoms with Gasteiger partial charge in [0.05, 0.1) is 6.61 Å². The SMILES string of the molecule is Cc1ccc(F)cc1CNCc1ccc(CO)cc1. The van der Waals surface area contributed by atoms with E-state index in [1.165, 1.54) is 6.07 Å². The summed E-state index contributed by atoms with van der Waals surface area (Å²) >= 11 is 0. The van der Waals surface area contributed by atoms with E-state index in [0.29, 0.717) is 6.54 Å².